The lowest BCUT2D eigenvalue weighted by atomic mass is 10.1. The molecule has 33 heteroatoms. The van der Waals surface area contributed by atoms with E-state index < -0.39 is 0 Å². The van der Waals surface area contributed by atoms with Crippen molar-refractivity contribution in [2.24, 2.45) is 11.8 Å². The average Bonchev–Trinajstić information content (AvgIpc) is 1.69. The summed E-state index contributed by atoms with van der Waals surface area (Å²) in [5, 5.41) is 36.7. The summed E-state index contributed by atoms with van der Waals surface area (Å²) in [6.07, 6.45) is 5.94. The van der Waals surface area contributed by atoms with Crippen LogP contribution in [0.1, 0.15) is 164 Å². The normalized spacial score (nSPS) is 11.4. The predicted molar refractivity (Wildman–Crippen MR) is 652 cm³/mol. The molecule has 2 atom stereocenters. The number of thiazole rings is 11. The molecule has 772 valence electrons. The third-order valence-corrected chi connectivity index (χ3v) is 31.1. The largest absolute Gasteiger partial charge is 0.470 e. The number of nitrogens with zero attached hydrogens (tertiary/aromatic N) is 11. The zero-order valence-corrected chi connectivity index (χ0v) is 96.5. The maximum atomic E-state index is 5.69. The van der Waals surface area contributed by atoms with Crippen LogP contribution in [0.25, 0.3) is 112 Å². The number of para-hydroxylation sites is 11. The Labute approximate surface area is 908 Å². The lowest BCUT2D eigenvalue weighted by molar-refractivity contribution is 0.130. The Morgan fingerprint density at radius 3 is 0.898 bits per heavy atom. The Bertz CT molecular complexity index is 6990. The molecule has 22 rings (SSSR count). The molecule has 0 spiro atoms. The number of aromatic nitrogens is 11. The van der Waals surface area contributed by atoms with Gasteiger partial charge in [-0.3, -0.25) is 0 Å². The first-order valence-corrected chi connectivity index (χ1v) is 58.9. The number of hydrogen-bond acceptors (Lipinski definition) is 33. The molecule has 22 aromatic rings. The molecule has 2 unspecified atom stereocenters. The van der Waals surface area contributed by atoms with Gasteiger partial charge in [-0.15, -0.1) is 0 Å². The molecule has 22 nitrogen and oxygen atoms in total. The van der Waals surface area contributed by atoms with Gasteiger partial charge < -0.3 is 56.7 Å². The van der Waals surface area contributed by atoms with Crippen LogP contribution in [0.4, 0.5) is 41.1 Å². The van der Waals surface area contributed by atoms with Crippen LogP contribution < -0.4 is 56.7 Å². The van der Waals surface area contributed by atoms with Crippen molar-refractivity contribution in [2.45, 2.75) is 193 Å². The zero-order valence-electron chi connectivity index (χ0n) is 87.5. The van der Waals surface area contributed by atoms with Crippen LogP contribution in [-0.4, -0.2) is 124 Å². The zero-order chi connectivity index (χ0) is 104. The summed E-state index contributed by atoms with van der Waals surface area (Å²) in [4.78, 5) is 48.8. The fourth-order valence-electron chi connectivity index (χ4n) is 13.0. The van der Waals surface area contributed by atoms with E-state index in [1.807, 2.05) is 216 Å². The molecular weight excluding hydrogens is 2040 g/mol. The van der Waals surface area contributed by atoms with E-state index in [-0.39, 0.29) is 17.2 Å². The third-order valence-electron chi connectivity index (χ3n) is 20.4. The first kappa shape index (κ1) is 114. The predicted octanol–water partition coefficient (Wildman–Crippen LogP) is 35.5. The first-order chi connectivity index (χ1) is 71.0. The molecule has 0 bridgehead atoms. The van der Waals surface area contributed by atoms with E-state index in [0.717, 1.165) is 169 Å². The lowest BCUT2D eigenvalue weighted by Gasteiger charge is -2.19. The van der Waals surface area contributed by atoms with Gasteiger partial charge >= 0.3 is 0 Å². The number of unbranched alkanes of at least 4 members (excludes halogenated alkanes) is 1. The van der Waals surface area contributed by atoms with Crippen LogP contribution >= 0.6 is 125 Å². The topological polar surface area (TPSA) is 266 Å². The van der Waals surface area contributed by atoms with Crippen LogP contribution in [0.2, 0.25) is 0 Å². The van der Waals surface area contributed by atoms with Gasteiger partial charge in [-0.25, -0.2) is 54.8 Å². The van der Waals surface area contributed by atoms with Crippen LogP contribution in [0.5, 0.6) is 15.6 Å². The quantitative estimate of drug-likeness (QED) is 0.0234. The van der Waals surface area contributed by atoms with Gasteiger partial charge in [0, 0.05) is 50.8 Å². The van der Waals surface area contributed by atoms with Gasteiger partial charge in [0.1, 0.15) is 5.60 Å². The van der Waals surface area contributed by atoms with E-state index in [1.54, 1.807) is 125 Å². The molecular formula is C114H137N19O3S11. The van der Waals surface area contributed by atoms with Crippen LogP contribution in [-0.2, 0) is 0 Å². The van der Waals surface area contributed by atoms with E-state index in [0.29, 0.717) is 23.9 Å². The minimum absolute atomic E-state index is 0.0773. The number of hydrogen-bond donors (Lipinski definition) is 8. The molecule has 11 heterocycles. The molecule has 0 radical (unpaired) electrons. The molecule has 0 amide bonds. The Morgan fingerprint density at radius 2 is 0.578 bits per heavy atom. The maximum absolute atomic E-state index is 5.69. The SMILES string of the molecule is CC(C)(C)Nc1nc2ccccc2s1.CC(C)(C)Oc1nc2ccccc2s1.CC(C)CNc1nc2ccccc2s1.CC(C)COc1nc2ccccc2s1.CC(C)Nc1nc2ccccc2s1.CCC(C)Nc1nc2ccccc2s1.CCC(C)Oc1nc2ccccc2s1.CCCCNc1nc2ccccc2s1.CCCNc1nc2ccccc2s1.CCNc1nc2ccccc2s1.CNc1nc2ccccc2s1. The standard InChI is InChI=1S/4C11H14N2S.3C11H13NOS.2C10H12N2S.C9H10N2S.C8H8N2S/c1-11(2,3)13-10-12-8-6-4-5-7-9(8)14-10;1-8(2)7-12-11-13-9-5-3-4-6-10(9)14-11;1-3-8(2)12-11-13-9-6-4-5-7-10(9)14-11;1-2-3-8-12-11-13-9-6-4-5-7-10(9)14-11;1-11(2,3)13-10-12-8-6-4-5-7-9(8)14-10;1-8(2)7-13-11-12-9-5-3-4-6-10(9)14-11;1-3-8(2)13-11-12-9-6-4-5-7-10(9)14-11;1-7(2)11-10-12-8-5-3-4-6-9(8)13-10;1-2-7-11-10-12-8-5-3-4-6-9(8)13-10;1-2-10-9-11-7-5-3-4-6-8(7)12-9;1-9-8-10-6-4-2-3-5-7(6)11-8/h4-7H,1-3H3,(H,12,13);3-6,8H,7H2,1-2H3,(H,12,13);4-8H,3H2,1-2H3,(H,12,13);4-7H,2-3,8H2,1H3,(H,12,13);4-7H,1-3H3;3-6,8H,7H2,1-2H3;4-8H,3H2,1-2H3;3-7H,1-2H3,(H,11,12);3-6H,2,7H2,1H3,(H,11,12);3-6H,2H2,1H3,(H,10,11);2-5H,1H3,(H,9,10). The van der Waals surface area contributed by atoms with Crippen molar-refractivity contribution in [1.29, 1.82) is 0 Å². The second-order valence-corrected chi connectivity index (χ2v) is 48.1. The highest BCUT2D eigenvalue weighted by molar-refractivity contribution is 7.25. The molecule has 11 aromatic heterocycles. The average molecular weight is 2170 g/mol. The molecule has 0 aliphatic heterocycles. The summed E-state index contributed by atoms with van der Waals surface area (Å²) < 4.78 is 30.4. The van der Waals surface area contributed by atoms with Crippen molar-refractivity contribution >= 4 is 278 Å². The van der Waals surface area contributed by atoms with Crippen molar-refractivity contribution < 1.29 is 14.2 Å². The van der Waals surface area contributed by atoms with Crippen molar-refractivity contribution in [3.8, 4) is 15.6 Å². The molecule has 147 heavy (non-hydrogen) atoms. The van der Waals surface area contributed by atoms with Crippen LogP contribution in [0.15, 0.2) is 267 Å². The summed E-state index contributed by atoms with van der Waals surface area (Å²) in [5.74, 6) is 1.20. The van der Waals surface area contributed by atoms with Gasteiger partial charge in [-0.2, -0.15) is 0 Å². The highest BCUT2D eigenvalue weighted by Crippen LogP contribution is 2.37. The number of ether oxygens (including phenoxy) is 3. The summed E-state index contributed by atoms with van der Waals surface area (Å²) in [7, 11) is 1.89. The number of anilines is 8. The summed E-state index contributed by atoms with van der Waals surface area (Å²) in [6.45, 7) is 45.0. The summed E-state index contributed by atoms with van der Waals surface area (Å²) in [6, 6.07) is 90.8. The highest BCUT2D eigenvalue weighted by Gasteiger charge is 2.18. The molecule has 0 aliphatic carbocycles. The van der Waals surface area contributed by atoms with Crippen molar-refractivity contribution in [1.82, 2.24) is 54.8 Å². The summed E-state index contributed by atoms with van der Waals surface area (Å²) >= 11 is 18.5. The third kappa shape index (κ3) is 38.3. The second-order valence-electron chi connectivity index (χ2n) is 36.9. The lowest BCUT2D eigenvalue weighted by Crippen LogP contribution is -2.25. The van der Waals surface area contributed by atoms with Gasteiger partial charge in [-0.05, 0) is 247 Å². The van der Waals surface area contributed by atoms with Crippen LogP contribution in [0.3, 0.4) is 0 Å². The van der Waals surface area contributed by atoms with Crippen molar-refractivity contribution in [3.63, 3.8) is 0 Å². The molecule has 0 saturated heterocycles. The summed E-state index contributed by atoms with van der Waals surface area (Å²) in [5.41, 5.74) is 11.6. The highest BCUT2D eigenvalue weighted by atomic mass is 32.1. The van der Waals surface area contributed by atoms with E-state index in [1.165, 1.54) is 64.5 Å². The minimum Gasteiger partial charge on any atom is -0.470 e. The molecule has 8 N–H and O–H groups in total. The van der Waals surface area contributed by atoms with Crippen LogP contribution in [0, 0.1) is 11.8 Å². The van der Waals surface area contributed by atoms with E-state index in [9.17, 15) is 0 Å². The number of nitrogens with one attached hydrogen (secondary N) is 8. The monoisotopic (exact) mass is 2170 g/mol. The molecule has 0 fully saturated rings. The Morgan fingerprint density at radius 1 is 0.286 bits per heavy atom. The van der Waals surface area contributed by atoms with Crippen molar-refractivity contribution in [2.75, 3.05) is 82.4 Å². The Kier molecular flexibility index (Phi) is 45.4. The maximum Gasteiger partial charge on any atom is 0.274 e. The van der Waals surface area contributed by atoms with Crippen molar-refractivity contribution in [3.05, 3.63) is 267 Å². The number of fused-ring (bicyclic) bond motifs is 11. The van der Waals surface area contributed by atoms with Gasteiger partial charge in [0.05, 0.1) is 125 Å². The fourth-order valence-corrected chi connectivity index (χ4v) is 23.1. The Balaban J connectivity index is 0.000000144. The Hall–Kier alpha value is -12.0. The van der Waals surface area contributed by atoms with Gasteiger partial charge in [-0.1, -0.05) is 320 Å². The second kappa shape index (κ2) is 58.7. The van der Waals surface area contributed by atoms with Gasteiger partial charge in [0.25, 0.3) is 15.6 Å². The fraction of sp³-hybridized carbons (Fsp3) is 0.325. The smallest absolute Gasteiger partial charge is 0.274 e. The van der Waals surface area contributed by atoms with E-state index >= 15 is 0 Å². The van der Waals surface area contributed by atoms with E-state index in [2.05, 4.69) is 287 Å². The first-order valence-electron chi connectivity index (χ1n) is 49.9. The number of benzene rings is 11. The van der Waals surface area contributed by atoms with E-state index in [4.69, 9.17) is 14.2 Å². The number of rotatable bonds is 26. The van der Waals surface area contributed by atoms with Gasteiger partial charge in [0.15, 0.2) is 41.1 Å². The minimum atomic E-state index is -0.173. The molecule has 0 aliphatic rings. The molecule has 11 aromatic carbocycles. The van der Waals surface area contributed by atoms with Gasteiger partial charge in [0.2, 0.25) is 0 Å². The molecule has 0 saturated carbocycles.